The summed E-state index contributed by atoms with van der Waals surface area (Å²) < 4.78 is 7.96. The second kappa shape index (κ2) is 7.18. The largest absolute Gasteiger partial charge is 0.372 e. The standard InChI is InChI=1S/C19H31N3O/c1-13(2)16-6-5-14(3)11-17(16)20-12-15-8-10-23-19(15)18-7-9-21-22(18)4/h7,9,14-15,17,19-20H,5-6,8,10-12H2,1-4H3/t14-,15+,17?,19-/m1/s1. The molecule has 1 aliphatic heterocycles. The Bertz CT molecular complexity index is 559. The summed E-state index contributed by atoms with van der Waals surface area (Å²) in [5.41, 5.74) is 4.34. The van der Waals surface area contributed by atoms with Crippen LogP contribution in [0.5, 0.6) is 0 Å². The monoisotopic (exact) mass is 317 g/mol. The number of allylic oxidation sites excluding steroid dienone is 1. The van der Waals surface area contributed by atoms with Crippen molar-refractivity contribution >= 4 is 0 Å². The Labute approximate surface area is 140 Å². The van der Waals surface area contributed by atoms with E-state index in [1.165, 1.54) is 30.5 Å². The van der Waals surface area contributed by atoms with Crippen molar-refractivity contribution in [2.75, 3.05) is 13.2 Å². The molecule has 0 spiro atoms. The molecule has 1 aliphatic carbocycles. The fourth-order valence-electron chi connectivity index (χ4n) is 4.17. The van der Waals surface area contributed by atoms with E-state index in [2.05, 4.69) is 37.3 Å². The minimum Gasteiger partial charge on any atom is -0.372 e. The lowest BCUT2D eigenvalue weighted by Crippen LogP contribution is -2.39. The van der Waals surface area contributed by atoms with Crippen LogP contribution in [0.2, 0.25) is 0 Å². The number of ether oxygens (including phenoxy) is 1. The van der Waals surface area contributed by atoms with Gasteiger partial charge < -0.3 is 10.1 Å². The topological polar surface area (TPSA) is 39.1 Å². The lowest BCUT2D eigenvalue weighted by molar-refractivity contribution is 0.0830. The minimum atomic E-state index is 0.186. The van der Waals surface area contributed by atoms with Crippen LogP contribution in [-0.2, 0) is 11.8 Å². The number of aromatic nitrogens is 2. The molecule has 4 heteroatoms. The molecule has 2 heterocycles. The molecule has 1 aromatic rings. The summed E-state index contributed by atoms with van der Waals surface area (Å²) in [5, 5.41) is 8.17. The van der Waals surface area contributed by atoms with Crippen molar-refractivity contribution in [3.63, 3.8) is 0 Å². The molecule has 0 aromatic carbocycles. The number of hydrogen-bond acceptors (Lipinski definition) is 3. The summed E-state index contributed by atoms with van der Waals surface area (Å²) in [6, 6.07) is 2.64. The van der Waals surface area contributed by atoms with Crippen molar-refractivity contribution in [2.45, 2.75) is 58.6 Å². The van der Waals surface area contributed by atoms with Crippen LogP contribution in [0.3, 0.4) is 0 Å². The zero-order chi connectivity index (χ0) is 16.4. The lowest BCUT2D eigenvalue weighted by atomic mass is 9.81. The van der Waals surface area contributed by atoms with Crippen LogP contribution < -0.4 is 5.32 Å². The summed E-state index contributed by atoms with van der Waals surface area (Å²) >= 11 is 0. The molecule has 1 N–H and O–H groups in total. The van der Waals surface area contributed by atoms with Crippen LogP contribution in [0.1, 0.15) is 58.3 Å². The highest BCUT2D eigenvalue weighted by Crippen LogP contribution is 2.35. The maximum absolute atomic E-state index is 6.01. The number of nitrogens with one attached hydrogen (secondary N) is 1. The summed E-state index contributed by atoms with van der Waals surface area (Å²) in [7, 11) is 2.01. The molecular formula is C19H31N3O. The fourth-order valence-corrected chi connectivity index (χ4v) is 4.17. The normalized spacial score (nSPS) is 31.6. The Kier molecular flexibility index (Phi) is 5.22. The van der Waals surface area contributed by atoms with E-state index in [1.54, 1.807) is 5.57 Å². The van der Waals surface area contributed by atoms with Gasteiger partial charge in [0.2, 0.25) is 0 Å². The van der Waals surface area contributed by atoms with Crippen LogP contribution in [0, 0.1) is 11.8 Å². The first-order valence-electron chi connectivity index (χ1n) is 9.05. The third-order valence-electron chi connectivity index (χ3n) is 5.60. The lowest BCUT2D eigenvalue weighted by Gasteiger charge is -2.33. The maximum Gasteiger partial charge on any atom is 0.103 e. The molecule has 0 amide bonds. The third-order valence-corrected chi connectivity index (χ3v) is 5.60. The molecule has 4 nitrogen and oxygen atoms in total. The Morgan fingerprint density at radius 1 is 1.39 bits per heavy atom. The smallest absolute Gasteiger partial charge is 0.103 e. The van der Waals surface area contributed by atoms with Gasteiger partial charge in [0.15, 0.2) is 0 Å². The Morgan fingerprint density at radius 3 is 2.91 bits per heavy atom. The van der Waals surface area contributed by atoms with Gasteiger partial charge in [-0.2, -0.15) is 5.10 Å². The van der Waals surface area contributed by atoms with E-state index in [0.717, 1.165) is 25.5 Å². The SMILES string of the molecule is CC(C)=C1CC[C@@H](C)CC1NC[C@@H]1CCO[C@H]1c1ccnn1C. The summed E-state index contributed by atoms with van der Waals surface area (Å²) in [6.07, 6.45) is 7.05. The molecule has 23 heavy (non-hydrogen) atoms. The zero-order valence-electron chi connectivity index (χ0n) is 15.0. The first kappa shape index (κ1) is 16.7. The van der Waals surface area contributed by atoms with Crippen LogP contribution in [0.4, 0.5) is 0 Å². The summed E-state index contributed by atoms with van der Waals surface area (Å²) in [5.74, 6) is 1.37. The number of hydrogen-bond donors (Lipinski definition) is 1. The van der Waals surface area contributed by atoms with E-state index in [9.17, 15) is 0 Å². The molecule has 1 saturated carbocycles. The molecule has 2 fully saturated rings. The molecule has 1 unspecified atom stereocenters. The highest BCUT2D eigenvalue weighted by atomic mass is 16.5. The fraction of sp³-hybridized carbons (Fsp3) is 0.737. The second-order valence-electron chi connectivity index (χ2n) is 7.59. The molecule has 1 saturated heterocycles. The van der Waals surface area contributed by atoms with Crippen molar-refractivity contribution in [1.82, 2.24) is 15.1 Å². The highest BCUT2D eigenvalue weighted by molar-refractivity contribution is 5.19. The highest BCUT2D eigenvalue weighted by Gasteiger charge is 2.33. The Balaban J connectivity index is 1.64. The predicted octanol–water partition coefficient (Wildman–Crippen LogP) is 3.61. The van der Waals surface area contributed by atoms with E-state index in [-0.39, 0.29) is 6.10 Å². The van der Waals surface area contributed by atoms with Crippen LogP contribution in [0.25, 0.3) is 0 Å². The Hall–Kier alpha value is -1.13. The van der Waals surface area contributed by atoms with Gasteiger partial charge in [-0.05, 0) is 51.5 Å². The first-order chi connectivity index (χ1) is 11.1. The van der Waals surface area contributed by atoms with Crippen LogP contribution >= 0.6 is 0 Å². The molecule has 4 atom stereocenters. The van der Waals surface area contributed by atoms with Gasteiger partial charge in [-0.3, -0.25) is 4.68 Å². The van der Waals surface area contributed by atoms with Gasteiger partial charge >= 0.3 is 0 Å². The zero-order valence-corrected chi connectivity index (χ0v) is 15.0. The molecule has 2 aliphatic rings. The van der Waals surface area contributed by atoms with Gasteiger partial charge in [0.1, 0.15) is 6.10 Å². The third kappa shape index (κ3) is 3.69. The van der Waals surface area contributed by atoms with Crippen molar-refractivity contribution < 1.29 is 4.74 Å². The first-order valence-corrected chi connectivity index (χ1v) is 9.05. The van der Waals surface area contributed by atoms with E-state index in [4.69, 9.17) is 4.74 Å². The summed E-state index contributed by atoms with van der Waals surface area (Å²) in [4.78, 5) is 0. The van der Waals surface area contributed by atoms with E-state index in [1.807, 2.05) is 17.9 Å². The summed E-state index contributed by atoms with van der Waals surface area (Å²) in [6.45, 7) is 8.80. The quantitative estimate of drug-likeness (QED) is 0.862. The van der Waals surface area contributed by atoms with Crippen LogP contribution in [0.15, 0.2) is 23.4 Å². The van der Waals surface area contributed by atoms with E-state index in [0.29, 0.717) is 12.0 Å². The molecular weight excluding hydrogens is 286 g/mol. The maximum atomic E-state index is 6.01. The molecule has 1 aromatic heterocycles. The number of nitrogens with zero attached hydrogens (tertiary/aromatic N) is 2. The van der Waals surface area contributed by atoms with Crippen LogP contribution in [-0.4, -0.2) is 29.0 Å². The van der Waals surface area contributed by atoms with Gasteiger partial charge in [-0.25, -0.2) is 0 Å². The van der Waals surface area contributed by atoms with Crippen molar-refractivity contribution in [2.24, 2.45) is 18.9 Å². The van der Waals surface area contributed by atoms with Gasteiger partial charge in [0.25, 0.3) is 0 Å². The van der Waals surface area contributed by atoms with Crippen molar-refractivity contribution in [1.29, 1.82) is 0 Å². The number of rotatable bonds is 4. The van der Waals surface area contributed by atoms with Crippen molar-refractivity contribution in [3.05, 3.63) is 29.1 Å². The molecule has 128 valence electrons. The average Bonchev–Trinajstić information content (AvgIpc) is 3.13. The van der Waals surface area contributed by atoms with E-state index < -0.39 is 0 Å². The predicted molar refractivity (Wildman–Crippen MR) is 93.2 cm³/mol. The molecule has 0 bridgehead atoms. The van der Waals surface area contributed by atoms with Gasteiger partial charge in [0.05, 0.1) is 5.69 Å². The molecule has 0 radical (unpaired) electrons. The van der Waals surface area contributed by atoms with Gasteiger partial charge in [-0.1, -0.05) is 18.1 Å². The number of aryl methyl sites for hydroxylation is 1. The minimum absolute atomic E-state index is 0.186. The Morgan fingerprint density at radius 2 is 2.22 bits per heavy atom. The van der Waals surface area contributed by atoms with E-state index >= 15 is 0 Å². The second-order valence-corrected chi connectivity index (χ2v) is 7.59. The average molecular weight is 317 g/mol. The van der Waals surface area contributed by atoms with Crippen molar-refractivity contribution in [3.8, 4) is 0 Å². The van der Waals surface area contributed by atoms with Gasteiger partial charge in [-0.15, -0.1) is 0 Å². The molecule has 3 rings (SSSR count). The van der Waals surface area contributed by atoms with Gasteiger partial charge in [0, 0.05) is 38.4 Å².